The first-order valence-corrected chi connectivity index (χ1v) is 5.53. The third kappa shape index (κ3) is 5.14. The van der Waals surface area contributed by atoms with Gasteiger partial charge in [0.05, 0.1) is 0 Å². The SMILES string of the molecule is Cc1nc(NC(C)CCCC(=O)O)cc(=O)[nH]1. The number of aryl methyl sites for hydroxylation is 1. The van der Waals surface area contributed by atoms with Crippen molar-refractivity contribution < 1.29 is 9.90 Å². The van der Waals surface area contributed by atoms with Gasteiger partial charge in [-0.2, -0.15) is 0 Å². The van der Waals surface area contributed by atoms with E-state index in [1.807, 2.05) is 6.92 Å². The summed E-state index contributed by atoms with van der Waals surface area (Å²) in [5.74, 6) is 0.286. The van der Waals surface area contributed by atoms with Crippen molar-refractivity contribution in [3.63, 3.8) is 0 Å². The van der Waals surface area contributed by atoms with Crippen molar-refractivity contribution in [1.29, 1.82) is 0 Å². The summed E-state index contributed by atoms with van der Waals surface area (Å²) in [6.45, 7) is 3.64. The topological polar surface area (TPSA) is 95.1 Å². The molecule has 1 aromatic rings. The fraction of sp³-hybridized carbons (Fsp3) is 0.545. The van der Waals surface area contributed by atoms with E-state index < -0.39 is 5.97 Å². The monoisotopic (exact) mass is 239 g/mol. The van der Waals surface area contributed by atoms with Gasteiger partial charge in [-0.25, -0.2) is 4.98 Å². The standard InChI is InChI=1S/C11H17N3O3/c1-7(4-3-5-11(16)17)12-9-6-10(15)14-8(2)13-9/h6-7H,3-5H2,1-2H3,(H,16,17)(H2,12,13,14,15). The average molecular weight is 239 g/mol. The van der Waals surface area contributed by atoms with E-state index in [-0.39, 0.29) is 18.0 Å². The number of hydrogen-bond donors (Lipinski definition) is 3. The van der Waals surface area contributed by atoms with Gasteiger partial charge >= 0.3 is 5.97 Å². The van der Waals surface area contributed by atoms with Crippen molar-refractivity contribution >= 4 is 11.8 Å². The number of hydrogen-bond acceptors (Lipinski definition) is 4. The molecule has 0 aliphatic rings. The lowest BCUT2D eigenvalue weighted by atomic mass is 10.1. The van der Waals surface area contributed by atoms with Crippen molar-refractivity contribution in [1.82, 2.24) is 9.97 Å². The Labute approximate surface area is 99.1 Å². The Kier molecular flexibility index (Phi) is 4.68. The number of rotatable bonds is 6. The van der Waals surface area contributed by atoms with Crippen molar-refractivity contribution in [2.75, 3.05) is 5.32 Å². The van der Waals surface area contributed by atoms with E-state index in [4.69, 9.17) is 5.11 Å². The number of anilines is 1. The molecule has 0 radical (unpaired) electrons. The minimum atomic E-state index is -0.790. The van der Waals surface area contributed by atoms with Crippen LogP contribution in [0.25, 0.3) is 0 Å². The van der Waals surface area contributed by atoms with Gasteiger partial charge in [0.25, 0.3) is 5.56 Å². The lowest BCUT2D eigenvalue weighted by Crippen LogP contribution is -2.19. The Morgan fingerprint density at radius 3 is 2.94 bits per heavy atom. The van der Waals surface area contributed by atoms with Gasteiger partial charge in [0, 0.05) is 18.5 Å². The van der Waals surface area contributed by atoms with Crippen LogP contribution in [0, 0.1) is 6.92 Å². The van der Waals surface area contributed by atoms with Crippen LogP contribution < -0.4 is 10.9 Å². The molecule has 1 heterocycles. The van der Waals surface area contributed by atoms with Crippen molar-refractivity contribution in [3.05, 3.63) is 22.2 Å². The number of carboxylic acid groups (broad SMARTS) is 1. The zero-order chi connectivity index (χ0) is 12.8. The van der Waals surface area contributed by atoms with Crippen LogP contribution in [-0.2, 0) is 4.79 Å². The largest absolute Gasteiger partial charge is 0.481 e. The Balaban J connectivity index is 2.47. The highest BCUT2D eigenvalue weighted by molar-refractivity contribution is 5.66. The van der Waals surface area contributed by atoms with E-state index >= 15 is 0 Å². The van der Waals surface area contributed by atoms with Crippen LogP contribution in [0.3, 0.4) is 0 Å². The Morgan fingerprint density at radius 2 is 2.35 bits per heavy atom. The van der Waals surface area contributed by atoms with E-state index in [1.54, 1.807) is 6.92 Å². The van der Waals surface area contributed by atoms with Crippen LogP contribution in [-0.4, -0.2) is 27.1 Å². The number of carbonyl (C=O) groups is 1. The Morgan fingerprint density at radius 1 is 1.65 bits per heavy atom. The molecule has 0 spiro atoms. The average Bonchev–Trinajstić information content (AvgIpc) is 2.14. The third-order valence-corrected chi connectivity index (χ3v) is 2.28. The predicted molar refractivity (Wildman–Crippen MR) is 64.2 cm³/mol. The van der Waals surface area contributed by atoms with Crippen LogP contribution >= 0.6 is 0 Å². The minimum Gasteiger partial charge on any atom is -0.481 e. The first-order chi connectivity index (χ1) is 7.97. The number of aliphatic carboxylic acids is 1. The molecule has 0 amide bonds. The molecule has 1 atom stereocenters. The molecule has 0 fully saturated rings. The highest BCUT2D eigenvalue weighted by Gasteiger charge is 2.05. The summed E-state index contributed by atoms with van der Waals surface area (Å²) in [7, 11) is 0. The number of H-pyrrole nitrogens is 1. The molecule has 0 saturated carbocycles. The summed E-state index contributed by atoms with van der Waals surface area (Å²) in [5.41, 5.74) is -0.197. The summed E-state index contributed by atoms with van der Waals surface area (Å²) >= 11 is 0. The molecule has 1 unspecified atom stereocenters. The summed E-state index contributed by atoms with van der Waals surface area (Å²) in [4.78, 5) is 28.2. The quantitative estimate of drug-likeness (QED) is 0.691. The maximum atomic E-state index is 11.2. The first-order valence-electron chi connectivity index (χ1n) is 5.53. The van der Waals surface area contributed by atoms with Gasteiger partial charge in [-0.1, -0.05) is 0 Å². The summed E-state index contributed by atoms with van der Waals surface area (Å²) in [5, 5.41) is 11.6. The molecule has 6 heteroatoms. The molecule has 0 aliphatic heterocycles. The molecule has 0 saturated heterocycles. The molecule has 17 heavy (non-hydrogen) atoms. The normalized spacial score (nSPS) is 12.1. The lowest BCUT2D eigenvalue weighted by Gasteiger charge is -2.13. The second kappa shape index (κ2) is 6.03. The van der Waals surface area contributed by atoms with Crippen LogP contribution in [0.2, 0.25) is 0 Å². The second-order valence-corrected chi connectivity index (χ2v) is 4.05. The van der Waals surface area contributed by atoms with E-state index in [0.29, 0.717) is 18.1 Å². The molecule has 0 aliphatic carbocycles. The first kappa shape index (κ1) is 13.2. The van der Waals surface area contributed by atoms with Gasteiger partial charge in [0.15, 0.2) is 0 Å². The third-order valence-electron chi connectivity index (χ3n) is 2.28. The second-order valence-electron chi connectivity index (χ2n) is 4.05. The van der Waals surface area contributed by atoms with E-state index in [9.17, 15) is 9.59 Å². The summed E-state index contributed by atoms with van der Waals surface area (Å²) in [6, 6.07) is 1.48. The maximum absolute atomic E-state index is 11.2. The van der Waals surface area contributed by atoms with Crippen LogP contribution in [0.1, 0.15) is 32.0 Å². The fourth-order valence-corrected chi connectivity index (χ4v) is 1.54. The zero-order valence-corrected chi connectivity index (χ0v) is 9.99. The number of nitrogens with zero attached hydrogens (tertiary/aromatic N) is 1. The minimum absolute atomic E-state index is 0.0862. The molecule has 94 valence electrons. The molecule has 1 rings (SSSR count). The van der Waals surface area contributed by atoms with Gasteiger partial charge < -0.3 is 15.4 Å². The molecule has 3 N–H and O–H groups in total. The van der Waals surface area contributed by atoms with Crippen molar-refractivity contribution in [3.8, 4) is 0 Å². The fourth-order valence-electron chi connectivity index (χ4n) is 1.54. The number of aromatic amines is 1. The zero-order valence-electron chi connectivity index (χ0n) is 9.99. The van der Waals surface area contributed by atoms with Crippen LogP contribution in [0.5, 0.6) is 0 Å². The van der Waals surface area contributed by atoms with E-state index in [2.05, 4.69) is 15.3 Å². The highest BCUT2D eigenvalue weighted by atomic mass is 16.4. The Bertz CT molecular complexity index is 442. The number of aromatic nitrogens is 2. The predicted octanol–water partition coefficient (Wildman–Crippen LogP) is 1.13. The number of nitrogens with one attached hydrogen (secondary N) is 2. The van der Waals surface area contributed by atoms with Crippen molar-refractivity contribution in [2.45, 2.75) is 39.2 Å². The van der Waals surface area contributed by atoms with Gasteiger partial charge in [0.2, 0.25) is 0 Å². The van der Waals surface area contributed by atoms with Crippen LogP contribution in [0.15, 0.2) is 10.9 Å². The molecular weight excluding hydrogens is 222 g/mol. The Hall–Kier alpha value is -1.85. The summed E-state index contributed by atoms with van der Waals surface area (Å²) in [6.07, 6.45) is 1.49. The van der Waals surface area contributed by atoms with Gasteiger partial charge in [-0.15, -0.1) is 0 Å². The van der Waals surface area contributed by atoms with E-state index in [0.717, 1.165) is 6.42 Å². The van der Waals surface area contributed by atoms with Gasteiger partial charge in [0.1, 0.15) is 11.6 Å². The maximum Gasteiger partial charge on any atom is 0.303 e. The smallest absolute Gasteiger partial charge is 0.303 e. The summed E-state index contributed by atoms with van der Waals surface area (Å²) < 4.78 is 0. The van der Waals surface area contributed by atoms with E-state index in [1.165, 1.54) is 6.07 Å². The van der Waals surface area contributed by atoms with Crippen LogP contribution in [0.4, 0.5) is 5.82 Å². The molecule has 1 aromatic heterocycles. The number of carboxylic acids is 1. The lowest BCUT2D eigenvalue weighted by molar-refractivity contribution is -0.137. The molecule has 6 nitrogen and oxygen atoms in total. The molecular formula is C11H17N3O3. The van der Waals surface area contributed by atoms with Crippen molar-refractivity contribution in [2.24, 2.45) is 0 Å². The molecule has 0 bridgehead atoms. The van der Waals surface area contributed by atoms with Gasteiger partial charge in [-0.3, -0.25) is 9.59 Å². The molecule has 0 aromatic carbocycles. The highest BCUT2D eigenvalue weighted by Crippen LogP contribution is 2.07. The van der Waals surface area contributed by atoms with Gasteiger partial charge in [-0.05, 0) is 26.7 Å².